The Balaban J connectivity index is 1.41. The fourth-order valence-electron chi connectivity index (χ4n) is 3.54. The fraction of sp³-hybridized carbons (Fsp3) is 0.227. The van der Waals surface area contributed by atoms with Gasteiger partial charge in [0.05, 0.1) is 36.7 Å². The lowest BCUT2D eigenvalue weighted by molar-refractivity contribution is 0.122. The van der Waals surface area contributed by atoms with Gasteiger partial charge in [-0.25, -0.2) is 15.0 Å². The molecule has 7 nitrogen and oxygen atoms in total. The monoisotopic (exact) mass is 419 g/mol. The summed E-state index contributed by atoms with van der Waals surface area (Å²) in [4.78, 5) is 15.9. The topological polar surface area (TPSA) is 72.4 Å². The molecule has 0 bridgehead atoms. The highest BCUT2D eigenvalue weighted by Gasteiger charge is 2.15. The summed E-state index contributed by atoms with van der Waals surface area (Å²) < 4.78 is 11.9. The van der Waals surface area contributed by atoms with Crippen molar-refractivity contribution in [1.82, 2.24) is 15.0 Å². The number of methoxy groups -OCH3 is 1. The van der Waals surface area contributed by atoms with Gasteiger partial charge >= 0.3 is 0 Å². The van der Waals surface area contributed by atoms with Crippen molar-refractivity contribution in [2.45, 2.75) is 0 Å². The number of aromatic nitrogens is 3. The Kier molecular flexibility index (Phi) is 5.17. The molecule has 0 amide bonds. The zero-order chi connectivity index (χ0) is 20.3. The highest BCUT2D eigenvalue weighted by molar-refractivity contribution is 7.17. The van der Waals surface area contributed by atoms with Gasteiger partial charge in [-0.3, -0.25) is 0 Å². The number of hydrogen-bond donors (Lipinski definition) is 1. The van der Waals surface area contributed by atoms with Crippen LogP contribution >= 0.6 is 11.3 Å². The van der Waals surface area contributed by atoms with Crippen molar-refractivity contribution in [3.8, 4) is 17.0 Å². The molecule has 0 saturated carbocycles. The largest absolute Gasteiger partial charge is 0.481 e. The Morgan fingerprint density at radius 3 is 2.70 bits per heavy atom. The lowest BCUT2D eigenvalue weighted by atomic mass is 10.1. The lowest BCUT2D eigenvalue weighted by Crippen LogP contribution is -2.36. The minimum absolute atomic E-state index is 0.559. The van der Waals surface area contributed by atoms with Crippen molar-refractivity contribution in [2.24, 2.45) is 0 Å². The van der Waals surface area contributed by atoms with Gasteiger partial charge in [0.25, 0.3) is 0 Å². The van der Waals surface area contributed by atoms with Crippen molar-refractivity contribution in [1.29, 1.82) is 0 Å². The Bertz CT molecular complexity index is 1160. The van der Waals surface area contributed by atoms with Crippen molar-refractivity contribution in [2.75, 3.05) is 43.6 Å². The van der Waals surface area contributed by atoms with Crippen LogP contribution in [-0.4, -0.2) is 48.4 Å². The predicted molar refractivity (Wildman–Crippen MR) is 120 cm³/mol. The normalized spacial score (nSPS) is 14.1. The first-order chi connectivity index (χ1) is 14.8. The molecule has 1 saturated heterocycles. The molecule has 1 aromatic carbocycles. The number of nitrogens with zero attached hydrogens (tertiary/aromatic N) is 4. The van der Waals surface area contributed by atoms with Crippen LogP contribution in [0.3, 0.4) is 0 Å². The molecule has 1 N–H and O–H groups in total. The Labute approximate surface area is 178 Å². The van der Waals surface area contributed by atoms with Crippen LogP contribution in [0.1, 0.15) is 0 Å². The first-order valence-corrected chi connectivity index (χ1v) is 10.6. The van der Waals surface area contributed by atoms with E-state index in [0.717, 1.165) is 53.3 Å². The molecule has 152 valence electrons. The molecule has 0 radical (unpaired) electrons. The zero-order valence-corrected chi connectivity index (χ0v) is 17.4. The van der Waals surface area contributed by atoms with E-state index in [2.05, 4.69) is 49.8 Å². The molecule has 0 atom stereocenters. The van der Waals surface area contributed by atoms with E-state index in [-0.39, 0.29) is 0 Å². The summed E-state index contributed by atoms with van der Waals surface area (Å²) in [6.45, 7) is 3.40. The summed E-state index contributed by atoms with van der Waals surface area (Å²) in [5.41, 5.74) is 4.94. The lowest BCUT2D eigenvalue weighted by Gasteiger charge is -2.28. The van der Waals surface area contributed by atoms with E-state index in [1.807, 2.05) is 18.3 Å². The highest BCUT2D eigenvalue weighted by Crippen LogP contribution is 2.36. The zero-order valence-electron chi connectivity index (χ0n) is 16.5. The number of benzene rings is 1. The first kappa shape index (κ1) is 18.8. The number of fused-ring (bicyclic) bond motifs is 1. The van der Waals surface area contributed by atoms with Crippen LogP contribution in [0.25, 0.3) is 21.3 Å². The molecule has 1 aliphatic rings. The van der Waals surface area contributed by atoms with Gasteiger partial charge < -0.3 is 19.7 Å². The number of pyridine rings is 1. The summed E-state index contributed by atoms with van der Waals surface area (Å²) in [7, 11) is 1.63. The van der Waals surface area contributed by atoms with Crippen LogP contribution in [0.15, 0.2) is 54.2 Å². The molecule has 30 heavy (non-hydrogen) atoms. The maximum Gasteiger partial charge on any atom is 0.227 e. The molecule has 5 rings (SSSR count). The number of morpholine rings is 1. The molecular weight excluding hydrogens is 398 g/mol. The van der Waals surface area contributed by atoms with Crippen LogP contribution in [-0.2, 0) is 4.74 Å². The minimum Gasteiger partial charge on any atom is -0.481 e. The number of rotatable bonds is 5. The van der Waals surface area contributed by atoms with E-state index in [1.54, 1.807) is 24.6 Å². The van der Waals surface area contributed by atoms with Gasteiger partial charge in [0.1, 0.15) is 0 Å². The van der Waals surface area contributed by atoms with Crippen LogP contribution < -0.4 is 15.0 Å². The SMILES string of the molecule is COc1ncccc1-c1csc2cnc(Nc3ccc(N4CCOCC4)cc3)nc12. The summed E-state index contributed by atoms with van der Waals surface area (Å²) >= 11 is 1.61. The summed E-state index contributed by atoms with van der Waals surface area (Å²) in [6.07, 6.45) is 3.57. The molecule has 1 fully saturated rings. The van der Waals surface area contributed by atoms with E-state index in [4.69, 9.17) is 14.5 Å². The van der Waals surface area contributed by atoms with Gasteiger partial charge in [-0.05, 0) is 36.4 Å². The van der Waals surface area contributed by atoms with Gasteiger partial charge in [0.2, 0.25) is 11.8 Å². The summed E-state index contributed by atoms with van der Waals surface area (Å²) in [5.74, 6) is 1.15. The van der Waals surface area contributed by atoms with Gasteiger partial charge in [0.15, 0.2) is 0 Å². The van der Waals surface area contributed by atoms with E-state index < -0.39 is 0 Å². The Hall–Kier alpha value is -3.23. The van der Waals surface area contributed by atoms with Gasteiger partial charge in [-0.1, -0.05) is 0 Å². The summed E-state index contributed by atoms with van der Waals surface area (Å²) in [5, 5.41) is 5.38. The third-order valence-electron chi connectivity index (χ3n) is 5.07. The average Bonchev–Trinajstić information content (AvgIpc) is 3.23. The maximum absolute atomic E-state index is 5.43. The number of thiophene rings is 1. The molecule has 0 unspecified atom stereocenters. The quantitative estimate of drug-likeness (QED) is 0.516. The Morgan fingerprint density at radius 2 is 1.90 bits per heavy atom. The molecule has 0 spiro atoms. The minimum atomic E-state index is 0.559. The highest BCUT2D eigenvalue weighted by atomic mass is 32.1. The number of ether oxygens (including phenoxy) is 2. The van der Waals surface area contributed by atoms with Crippen LogP contribution in [0, 0.1) is 0 Å². The third-order valence-corrected chi connectivity index (χ3v) is 5.97. The van der Waals surface area contributed by atoms with E-state index in [0.29, 0.717) is 11.8 Å². The maximum atomic E-state index is 5.43. The van der Waals surface area contributed by atoms with E-state index in [9.17, 15) is 0 Å². The van der Waals surface area contributed by atoms with Crippen molar-refractivity contribution in [3.05, 3.63) is 54.2 Å². The smallest absolute Gasteiger partial charge is 0.227 e. The van der Waals surface area contributed by atoms with Crippen molar-refractivity contribution < 1.29 is 9.47 Å². The second-order valence-corrected chi connectivity index (χ2v) is 7.80. The third kappa shape index (κ3) is 3.67. The number of hydrogen-bond acceptors (Lipinski definition) is 8. The number of anilines is 3. The number of nitrogens with one attached hydrogen (secondary N) is 1. The molecule has 4 heterocycles. The van der Waals surface area contributed by atoms with Crippen LogP contribution in [0.2, 0.25) is 0 Å². The second kappa shape index (κ2) is 8.25. The average molecular weight is 420 g/mol. The van der Waals surface area contributed by atoms with Crippen molar-refractivity contribution >= 4 is 38.9 Å². The predicted octanol–water partition coefficient (Wildman–Crippen LogP) is 4.34. The Morgan fingerprint density at radius 1 is 1.07 bits per heavy atom. The molecule has 8 heteroatoms. The standard InChI is InChI=1S/C22H21N5O2S/c1-28-21-17(3-2-8-23-21)18-14-30-19-13-24-22(26-20(18)19)25-15-4-6-16(7-5-15)27-9-11-29-12-10-27/h2-8,13-14H,9-12H2,1H3,(H,24,25,26). The van der Waals surface area contributed by atoms with E-state index in [1.165, 1.54) is 5.69 Å². The molecule has 4 aromatic rings. The molecular formula is C22H21N5O2S. The van der Waals surface area contributed by atoms with Crippen LogP contribution in [0.5, 0.6) is 5.88 Å². The fourth-order valence-corrected chi connectivity index (χ4v) is 4.41. The molecule has 3 aromatic heterocycles. The molecule has 1 aliphatic heterocycles. The first-order valence-electron chi connectivity index (χ1n) is 9.75. The van der Waals surface area contributed by atoms with Gasteiger partial charge in [0, 0.05) is 47.2 Å². The van der Waals surface area contributed by atoms with Gasteiger partial charge in [-0.2, -0.15) is 0 Å². The molecule has 0 aliphatic carbocycles. The van der Waals surface area contributed by atoms with Gasteiger partial charge in [-0.15, -0.1) is 11.3 Å². The van der Waals surface area contributed by atoms with E-state index >= 15 is 0 Å². The van der Waals surface area contributed by atoms with Crippen molar-refractivity contribution in [3.63, 3.8) is 0 Å². The summed E-state index contributed by atoms with van der Waals surface area (Å²) in [6, 6.07) is 12.2. The van der Waals surface area contributed by atoms with Crippen LogP contribution in [0.4, 0.5) is 17.3 Å². The second-order valence-electron chi connectivity index (χ2n) is 6.89.